The topological polar surface area (TPSA) is 76.5 Å². The van der Waals surface area contributed by atoms with Crippen molar-refractivity contribution < 1.29 is 22.4 Å². The first-order chi connectivity index (χ1) is 15.7. The molecule has 0 radical (unpaired) electrons. The van der Waals surface area contributed by atoms with Crippen LogP contribution in [0.5, 0.6) is 0 Å². The molecule has 2 heterocycles. The third-order valence-electron chi connectivity index (χ3n) is 6.18. The molecule has 4 rings (SSSR count). The van der Waals surface area contributed by atoms with E-state index in [0.717, 1.165) is 16.2 Å². The van der Waals surface area contributed by atoms with Crippen LogP contribution in [0.1, 0.15) is 42.3 Å². The quantitative estimate of drug-likeness (QED) is 0.285. The lowest BCUT2D eigenvalue weighted by atomic mass is 9.83. The first-order valence-corrected chi connectivity index (χ1v) is 12.4. The van der Waals surface area contributed by atoms with Gasteiger partial charge in [0.15, 0.2) is 0 Å². The fourth-order valence-corrected chi connectivity index (χ4v) is 6.47. The summed E-state index contributed by atoms with van der Waals surface area (Å²) < 4.78 is 57.5. The van der Waals surface area contributed by atoms with Crippen molar-refractivity contribution in [2.45, 2.75) is 37.1 Å². The summed E-state index contributed by atoms with van der Waals surface area (Å²) >= 11 is 6.08. The van der Waals surface area contributed by atoms with Crippen molar-refractivity contribution in [3.63, 3.8) is 0 Å². The zero-order chi connectivity index (χ0) is 23.6. The third-order valence-corrected chi connectivity index (χ3v) is 8.36. The molecule has 2 atom stereocenters. The molecule has 2 aromatic carbocycles. The molecule has 2 aromatic rings. The normalized spacial score (nSPS) is 24.9. The molecule has 0 saturated carbocycles. The molecule has 2 aliphatic heterocycles. The van der Waals surface area contributed by atoms with Crippen LogP contribution < -0.4 is 0 Å². The molecule has 2 saturated heterocycles. The Morgan fingerprint density at radius 3 is 2.24 bits per heavy atom. The van der Waals surface area contributed by atoms with E-state index in [1.807, 2.05) is 30.3 Å². The van der Waals surface area contributed by atoms with Gasteiger partial charge in [0.1, 0.15) is 6.34 Å². The second kappa shape index (κ2) is 9.54. The molecule has 0 aliphatic carbocycles. The highest BCUT2D eigenvalue weighted by Crippen LogP contribution is 2.45. The van der Waals surface area contributed by atoms with Crippen LogP contribution in [0, 0.1) is 0 Å². The van der Waals surface area contributed by atoms with Crippen LogP contribution in [0.4, 0.5) is 8.78 Å². The molecule has 2 fully saturated rings. The predicted octanol–water partition coefficient (Wildman–Crippen LogP) is 4.48. The van der Waals surface area contributed by atoms with Gasteiger partial charge in [0.05, 0.1) is 6.04 Å². The highest BCUT2D eigenvalue weighted by Gasteiger charge is 2.48. The van der Waals surface area contributed by atoms with E-state index in [4.69, 9.17) is 11.6 Å². The molecule has 0 aromatic heterocycles. The van der Waals surface area contributed by atoms with Crippen molar-refractivity contribution in [2.75, 3.05) is 19.6 Å². The number of oxime groups is 1. The molecule has 0 spiro atoms. The van der Waals surface area contributed by atoms with Gasteiger partial charge in [-0.1, -0.05) is 63.6 Å². The maximum atomic E-state index is 13.9. The summed E-state index contributed by atoms with van der Waals surface area (Å²) in [5.41, 5.74) is 1.64. The van der Waals surface area contributed by atoms with Gasteiger partial charge in [-0.2, -0.15) is 12.7 Å². The van der Waals surface area contributed by atoms with Crippen molar-refractivity contribution in [1.82, 2.24) is 13.7 Å². The van der Waals surface area contributed by atoms with Crippen LogP contribution >= 0.6 is 11.6 Å². The summed E-state index contributed by atoms with van der Waals surface area (Å²) in [5, 5.41) is 14.1. The van der Waals surface area contributed by atoms with Gasteiger partial charge < -0.3 is 5.21 Å². The Labute approximate surface area is 197 Å². The zero-order valence-electron chi connectivity index (χ0n) is 17.8. The van der Waals surface area contributed by atoms with Crippen molar-refractivity contribution in [3.8, 4) is 0 Å². The lowest BCUT2D eigenvalue weighted by Gasteiger charge is -2.48. The molecule has 7 nitrogen and oxygen atoms in total. The first-order valence-electron chi connectivity index (χ1n) is 10.6. The van der Waals surface area contributed by atoms with E-state index < -0.39 is 35.0 Å². The third kappa shape index (κ3) is 4.98. The molecule has 178 valence electrons. The molecule has 33 heavy (non-hydrogen) atoms. The fourth-order valence-electron chi connectivity index (χ4n) is 4.52. The second-order valence-electron chi connectivity index (χ2n) is 8.23. The van der Waals surface area contributed by atoms with Crippen LogP contribution in [-0.2, 0) is 10.2 Å². The molecular formula is C22H25ClF2N4O3S. The van der Waals surface area contributed by atoms with Gasteiger partial charge >= 0.3 is 0 Å². The molecule has 0 amide bonds. The van der Waals surface area contributed by atoms with Crippen molar-refractivity contribution >= 4 is 28.1 Å². The van der Waals surface area contributed by atoms with Crippen LogP contribution in [0.2, 0.25) is 5.02 Å². The van der Waals surface area contributed by atoms with E-state index in [1.165, 1.54) is 9.42 Å². The number of alkyl halides is 2. The van der Waals surface area contributed by atoms with Crippen molar-refractivity contribution in [1.29, 1.82) is 0 Å². The van der Waals surface area contributed by atoms with Crippen molar-refractivity contribution in [3.05, 3.63) is 70.7 Å². The van der Waals surface area contributed by atoms with Gasteiger partial charge in [-0.05, 0) is 29.7 Å². The maximum absolute atomic E-state index is 13.9. The van der Waals surface area contributed by atoms with E-state index in [2.05, 4.69) is 5.16 Å². The molecule has 11 heteroatoms. The second-order valence-corrected chi connectivity index (χ2v) is 10.5. The minimum Gasteiger partial charge on any atom is -0.410 e. The number of hydrazine groups is 1. The Hall–Kier alpha value is -2.27. The SMILES string of the molecule is O=S(=O)(N1CCC(F)(F)CC1)N1C(c2ccc(Cl)cc2)C(c2ccccc2)CCN1C=NO. The van der Waals surface area contributed by atoms with E-state index in [1.54, 1.807) is 24.3 Å². The molecule has 1 N–H and O–H groups in total. The van der Waals surface area contributed by atoms with E-state index in [-0.39, 0.29) is 25.6 Å². The lowest BCUT2D eigenvalue weighted by molar-refractivity contribution is -0.0449. The minimum absolute atomic E-state index is 0.225. The Bertz CT molecular complexity index is 1080. The highest BCUT2D eigenvalue weighted by molar-refractivity contribution is 7.86. The summed E-state index contributed by atoms with van der Waals surface area (Å²) in [5.74, 6) is -3.11. The minimum atomic E-state index is -4.23. The molecular weight excluding hydrogens is 474 g/mol. The maximum Gasteiger partial charge on any atom is 0.299 e. The number of rotatable bonds is 5. The number of piperidine rings is 1. The van der Waals surface area contributed by atoms with Crippen LogP contribution in [0.25, 0.3) is 0 Å². The number of halogens is 3. The highest BCUT2D eigenvalue weighted by atomic mass is 35.5. The van der Waals surface area contributed by atoms with Gasteiger partial charge in [-0.3, -0.25) is 5.01 Å². The van der Waals surface area contributed by atoms with Gasteiger partial charge in [0.25, 0.3) is 16.1 Å². The average Bonchev–Trinajstić information content (AvgIpc) is 2.80. The number of nitrogens with zero attached hydrogens (tertiary/aromatic N) is 4. The Kier molecular flexibility index (Phi) is 6.90. The first kappa shape index (κ1) is 23.9. The van der Waals surface area contributed by atoms with E-state index >= 15 is 0 Å². The van der Waals surface area contributed by atoms with Gasteiger partial charge in [-0.15, -0.1) is 0 Å². The summed E-state index contributed by atoms with van der Waals surface area (Å²) in [4.78, 5) is 0. The van der Waals surface area contributed by atoms with E-state index in [0.29, 0.717) is 17.0 Å². The van der Waals surface area contributed by atoms with Crippen molar-refractivity contribution in [2.24, 2.45) is 5.16 Å². The largest absolute Gasteiger partial charge is 0.410 e. The van der Waals surface area contributed by atoms with Crippen LogP contribution in [0.15, 0.2) is 59.8 Å². The Morgan fingerprint density at radius 2 is 1.64 bits per heavy atom. The summed E-state index contributed by atoms with van der Waals surface area (Å²) in [6.07, 6.45) is 0.539. The van der Waals surface area contributed by atoms with E-state index in [9.17, 15) is 22.4 Å². The average molecular weight is 499 g/mol. The number of benzene rings is 2. The molecule has 0 bridgehead atoms. The molecule has 2 aliphatic rings. The van der Waals surface area contributed by atoms with Crippen LogP contribution in [-0.4, -0.2) is 59.2 Å². The summed E-state index contributed by atoms with van der Waals surface area (Å²) in [6, 6.07) is 15.7. The fraction of sp³-hybridized carbons (Fsp3) is 0.409. The van der Waals surface area contributed by atoms with Crippen LogP contribution in [0.3, 0.4) is 0 Å². The van der Waals surface area contributed by atoms with Gasteiger partial charge in [-0.25, -0.2) is 8.78 Å². The Balaban J connectivity index is 1.81. The number of hydrogen-bond acceptors (Lipinski definition) is 4. The number of hydrogen-bond donors (Lipinski definition) is 1. The molecule has 2 unspecified atom stereocenters. The monoisotopic (exact) mass is 498 g/mol. The Morgan fingerprint density at radius 1 is 1.00 bits per heavy atom. The van der Waals surface area contributed by atoms with Gasteiger partial charge in [0, 0.05) is 43.4 Å². The lowest BCUT2D eigenvalue weighted by Crippen LogP contribution is -2.59. The smallest absolute Gasteiger partial charge is 0.299 e. The standard InChI is InChI=1S/C22H25ClF2N4O3S/c23-19-8-6-18(7-9-19)21-20(17-4-2-1-3-5-17)10-13-27(16-26-30)29(21)33(31,32)28-14-11-22(24,25)12-15-28/h1-9,16,20-21,30H,10-15H2. The van der Waals surface area contributed by atoms with Gasteiger partial charge in [0.2, 0.25) is 0 Å². The summed E-state index contributed by atoms with van der Waals surface area (Å²) in [7, 11) is -4.23. The predicted molar refractivity (Wildman–Crippen MR) is 121 cm³/mol. The summed E-state index contributed by atoms with van der Waals surface area (Å²) in [6.45, 7) is -0.324. The zero-order valence-corrected chi connectivity index (χ0v) is 19.3.